The van der Waals surface area contributed by atoms with Gasteiger partial charge in [-0.05, 0) is 393 Å². The average molecular weight is 1950 g/mol. The van der Waals surface area contributed by atoms with E-state index in [2.05, 4.69) is 118 Å². The predicted octanol–water partition coefficient (Wildman–Crippen LogP) is 25.8. The van der Waals surface area contributed by atoms with Gasteiger partial charge in [0.2, 0.25) is 0 Å². The minimum Gasteiger partial charge on any atom is -0.469 e. The summed E-state index contributed by atoms with van der Waals surface area (Å²) in [7, 11) is 3.27. The molecule has 6 saturated heterocycles. The molecule has 12 bridgehead atoms. The summed E-state index contributed by atoms with van der Waals surface area (Å²) in [6, 6.07) is 0. The van der Waals surface area contributed by atoms with E-state index in [-0.39, 0.29) is 159 Å². The molecule has 22 fully saturated rings. The first-order valence-corrected chi connectivity index (χ1v) is 60.2. The fourth-order valence-electron chi connectivity index (χ4n) is 39.6. The van der Waals surface area contributed by atoms with Gasteiger partial charge < -0.3 is 56.8 Å². The second-order valence-corrected chi connectivity index (χ2v) is 51.2. The van der Waals surface area contributed by atoms with Gasteiger partial charge in [0.05, 0.1) is 104 Å². The summed E-state index contributed by atoms with van der Waals surface area (Å²) in [5, 5.41) is 0. The largest absolute Gasteiger partial charge is 0.469 e. The molecule has 0 radical (unpaired) electrons. The SMILES string of the molecule is CCC1CC(CC)C2C3CC(C(C(=O)OC)C3C(=O)OC3(CC)CCCC3)C12.CCC1CC(CC)C2C3CC(C(C(=O)OC4(CC)CCCC4)C3C(=O)OC3(CC)CC4CCC3C4)C12.CCC1CC(CC)C2C3CC(C(COC)C3C(=O)OC3(CC)CCCC3)C12.CCC1OC(CC)C2C3OC(C(C)C3C(=O)OC3(CC)CCCC3)C12.CCC1OC(CC)C2C3OC(CC3C(=O)OC3(CC)CCCC3)C12. The molecule has 6 aliphatic heterocycles. The van der Waals surface area contributed by atoms with Crippen LogP contribution in [0.5, 0.6) is 0 Å². The third-order valence-electron chi connectivity index (χ3n) is 46.4. The van der Waals surface area contributed by atoms with Crippen molar-refractivity contribution < 1.29 is 90.4 Å². The number of esters is 7. The van der Waals surface area contributed by atoms with E-state index in [1.54, 1.807) is 7.11 Å². The number of ether oxygens (including phenoxy) is 12. The molecule has 0 spiro atoms. The number of carbonyl (C=O) groups excluding carboxylic acids is 7. The summed E-state index contributed by atoms with van der Waals surface area (Å²) < 4.78 is 74.1. The van der Waals surface area contributed by atoms with Crippen molar-refractivity contribution in [3.63, 3.8) is 0 Å². The van der Waals surface area contributed by atoms with Crippen LogP contribution in [0.1, 0.15) is 419 Å². The molecule has 0 N–H and O–H groups in total. The van der Waals surface area contributed by atoms with Gasteiger partial charge in [-0.2, -0.15) is 0 Å². The molecular formula is C121H194O19. The number of rotatable bonds is 31. The first-order valence-electron chi connectivity index (χ1n) is 60.2. The maximum absolute atomic E-state index is 14.2. The van der Waals surface area contributed by atoms with Crippen LogP contribution in [-0.4, -0.2) is 145 Å². The Morgan fingerprint density at radius 3 is 0.943 bits per heavy atom. The summed E-state index contributed by atoms with van der Waals surface area (Å²) in [6.45, 7) is 38.6. The maximum Gasteiger partial charge on any atom is 0.312 e. The zero-order chi connectivity index (χ0) is 99.1. The van der Waals surface area contributed by atoms with Crippen molar-refractivity contribution in [2.45, 2.75) is 502 Å². The van der Waals surface area contributed by atoms with Gasteiger partial charge in [0.15, 0.2) is 0 Å². The highest BCUT2D eigenvalue weighted by Crippen LogP contribution is 2.73. The summed E-state index contributed by atoms with van der Waals surface area (Å²) in [6.07, 6.45) is 53.0. The van der Waals surface area contributed by atoms with Crippen LogP contribution in [0.3, 0.4) is 0 Å². The molecule has 42 unspecified atom stereocenters. The van der Waals surface area contributed by atoms with E-state index in [4.69, 9.17) is 56.8 Å². The summed E-state index contributed by atoms with van der Waals surface area (Å²) in [5.74, 6) is 13.0. The minimum atomic E-state index is -0.298. The lowest BCUT2D eigenvalue weighted by Crippen LogP contribution is -2.49. The van der Waals surface area contributed by atoms with E-state index < -0.39 is 0 Å². The Morgan fingerprint density at radius 2 is 0.607 bits per heavy atom. The first kappa shape index (κ1) is 106. The Hall–Kier alpha value is -3.91. The van der Waals surface area contributed by atoms with Crippen LogP contribution >= 0.6 is 0 Å². The van der Waals surface area contributed by atoms with Crippen molar-refractivity contribution in [3.8, 4) is 0 Å². The minimum absolute atomic E-state index is 0.000462. The van der Waals surface area contributed by atoms with E-state index in [0.29, 0.717) is 131 Å². The van der Waals surface area contributed by atoms with Crippen molar-refractivity contribution in [1.82, 2.24) is 0 Å². The molecule has 0 amide bonds. The molecule has 0 aromatic heterocycles. The van der Waals surface area contributed by atoms with Gasteiger partial charge >= 0.3 is 41.8 Å². The van der Waals surface area contributed by atoms with Gasteiger partial charge in [0.25, 0.3) is 0 Å². The van der Waals surface area contributed by atoms with Crippen LogP contribution in [-0.2, 0) is 90.4 Å². The Balaban J connectivity index is 0.000000117. The summed E-state index contributed by atoms with van der Waals surface area (Å²) in [5.41, 5.74) is -1.43. The van der Waals surface area contributed by atoms with Crippen molar-refractivity contribution in [1.29, 1.82) is 0 Å². The third kappa shape index (κ3) is 18.5. The van der Waals surface area contributed by atoms with Crippen LogP contribution in [0.25, 0.3) is 0 Å². The Labute approximate surface area is 845 Å². The van der Waals surface area contributed by atoms with Crippen molar-refractivity contribution >= 4 is 41.8 Å². The van der Waals surface area contributed by atoms with Gasteiger partial charge in [-0.15, -0.1) is 0 Å². The van der Waals surface area contributed by atoms with Gasteiger partial charge in [-0.3, -0.25) is 33.6 Å². The van der Waals surface area contributed by atoms with Crippen LogP contribution in [0.4, 0.5) is 0 Å². The molecule has 792 valence electrons. The molecule has 16 aliphatic carbocycles. The van der Waals surface area contributed by atoms with E-state index in [0.717, 1.165) is 216 Å². The molecular weight excluding hydrogens is 1760 g/mol. The van der Waals surface area contributed by atoms with Gasteiger partial charge in [0.1, 0.15) is 33.6 Å². The topological polar surface area (TPSA) is 230 Å². The molecule has 42 atom stereocenters. The number of fused-ring (bicyclic) bond motifs is 27. The highest BCUT2D eigenvalue weighted by atomic mass is 16.6. The number of methoxy groups -OCH3 is 2. The molecule has 0 aromatic rings. The Bertz CT molecular complexity index is 4200. The standard InChI is InChI=1S/C32H50O4.C24H38O4.C24H40O3.C21H34O4.C20H32O4/c1-5-20-16-21(6-2)26-24-17-23(25(20)26)27(29(33)35-31(7-3)13-9-10-14-31)28(24)30(34)36-32(8-4)18-19-11-12-22(32)15-19;1-5-14-12-15(6-2)19-17-13-16(18(14)19)20(22(25)27-4)21(17)23(26)28-24(7-3)10-8-9-11-24;1-5-15-12-16(6-2)21-18-13-17(20(15)21)19(14-26-4)22(18)23(25)27-24(7-3)10-8-9-11-24;1-5-13-16-17(14(6-2)23-13)19-15(12(4)18(16)24-19)20(22)25-21(7-3)10-8-9-11-21;1-4-13-16-15-11-12(18(23-15)17(16)14(5-2)22-13)19(21)24-20(6-3)9-7-8-10-20/h19-28H,5-18H2,1-4H3;14-21H,5-13H2,1-4H3;15-22H,5-14H2,1-4H3;12-19H,5-11H2,1-4H3;12-18H,4-11H2,1-3H3. The predicted molar refractivity (Wildman–Crippen MR) is 540 cm³/mol. The molecule has 19 nitrogen and oxygen atoms in total. The van der Waals surface area contributed by atoms with Crippen molar-refractivity contribution in [2.24, 2.45) is 195 Å². The zero-order valence-corrected chi connectivity index (χ0v) is 90.9. The smallest absolute Gasteiger partial charge is 0.312 e. The molecule has 140 heavy (non-hydrogen) atoms. The second-order valence-electron chi connectivity index (χ2n) is 51.2. The van der Waals surface area contributed by atoms with Crippen LogP contribution in [0.2, 0.25) is 0 Å². The van der Waals surface area contributed by atoms with Crippen LogP contribution in [0, 0.1) is 195 Å². The summed E-state index contributed by atoms with van der Waals surface area (Å²) in [4.78, 5) is 94.2. The maximum atomic E-state index is 14.2. The lowest BCUT2D eigenvalue weighted by atomic mass is 9.65. The van der Waals surface area contributed by atoms with E-state index in [1.165, 1.54) is 129 Å². The molecule has 0 aromatic carbocycles. The Kier molecular flexibility index (Phi) is 33.0. The number of carbonyl (C=O) groups is 7. The number of hydrogen-bond donors (Lipinski definition) is 0. The average Bonchev–Trinajstić information content (AvgIpc) is 1.54. The van der Waals surface area contributed by atoms with Gasteiger partial charge in [0, 0.05) is 30.8 Å². The lowest BCUT2D eigenvalue weighted by molar-refractivity contribution is -0.187. The van der Waals surface area contributed by atoms with Crippen molar-refractivity contribution in [3.05, 3.63) is 0 Å². The van der Waals surface area contributed by atoms with E-state index in [1.807, 2.05) is 0 Å². The van der Waals surface area contributed by atoms with Crippen molar-refractivity contribution in [2.75, 3.05) is 20.8 Å². The third-order valence-corrected chi connectivity index (χ3v) is 46.4. The Morgan fingerprint density at radius 1 is 0.286 bits per heavy atom. The van der Waals surface area contributed by atoms with Crippen LogP contribution in [0.15, 0.2) is 0 Å². The second kappa shape index (κ2) is 43.6. The monoisotopic (exact) mass is 1950 g/mol. The number of hydrogen-bond acceptors (Lipinski definition) is 19. The lowest BCUT2D eigenvalue weighted by Gasteiger charge is -2.43. The van der Waals surface area contributed by atoms with Crippen LogP contribution < -0.4 is 0 Å². The molecule has 6 heterocycles. The van der Waals surface area contributed by atoms with E-state index >= 15 is 0 Å². The van der Waals surface area contributed by atoms with E-state index in [9.17, 15) is 33.6 Å². The van der Waals surface area contributed by atoms with Gasteiger partial charge in [-0.1, -0.05) is 156 Å². The molecule has 16 saturated carbocycles. The highest BCUT2D eigenvalue weighted by Gasteiger charge is 2.74. The fourth-order valence-corrected chi connectivity index (χ4v) is 39.6. The normalized spacial score (nSPS) is 45.8. The molecule has 19 heteroatoms. The highest BCUT2D eigenvalue weighted by molar-refractivity contribution is 5.86. The summed E-state index contributed by atoms with van der Waals surface area (Å²) >= 11 is 0. The molecule has 22 aliphatic rings. The fraction of sp³-hybridized carbons (Fsp3) is 0.942. The zero-order valence-electron chi connectivity index (χ0n) is 90.9. The quantitative estimate of drug-likeness (QED) is 0.0464. The van der Waals surface area contributed by atoms with Gasteiger partial charge in [-0.25, -0.2) is 0 Å². The molecule has 22 rings (SSSR count). The first-order chi connectivity index (χ1) is 67.6.